The van der Waals surface area contributed by atoms with Gasteiger partial charge in [-0.2, -0.15) is 9.40 Å². The third-order valence-corrected chi connectivity index (χ3v) is 6.46. The quantitative estimate of drug-likeness (QED) is 0.933. The van der Waals surface area contributed by atoms with Gasteiger partial charge >= 0.3 is 0 Å². The highest BCUT2D eigenvalue weighted by atomic mass is 32.2. The topological polar surface area (TPSA) is 66.1 Å². The van der Waals surface area contributed by atoms with Crippen molar-refractivity contribution in [1.82, 2.24) is 14.5 Å². The molecular weight excluding hydrogens is 322 g/mol. The molecule has 2 aromatic rings. The molecule has 24 heavy (non-hydrogen) atoms. The van der Waals surface area contributed by atoms with Crippen LogP contribution in [0.5, 0.6) is 0 Å². The number of aromatic amines is 1. The van der Waals surface area contributed by atoms with E-state index in [9.17, 15) is 8.42 Å². The van der Waals surface area contributed by atoms with Crippen LogP contribution in [0.15, 0.2) is 53.5 Å². The van der Waals surface area contributed by atoms with Crippen molar-refractivity contribution in [3.8, 4) is 0 Å². The zero-order chi connectivity index (χ0) is 16.6. The van der Waals surface area contributed by atoms with Crippen LogP contribution in [0.1, 0.15) is 29.8 Å². The average molecular weight is 341 g/mol. The summed E-state index contributed by atoms with van der Waals surface area (Å²) in [6.07, 6.45) is 8.86. The number of rotatable bonds is 3. The van der Waals surface area contributed by atoms with Crippen molar-refractivity contribution in [2.75, 3.05) is 6.54 Å². The van der Waals surface area contributed by atoms with Crippen LogP contribution in [-0.2, 0) is 23.0 Å². The van der Waals surface area contributed by atoms with Crippen molar-refractivity contribution in [1.29, 1.82) is 0 Å². The zero-order valence-corrected chi connectivity index (χ0v) is 14.1. The monoisotopic (exact) mass is 341 g/mol. The number of hydrogen-bond acceptors (Lipinski definition) is 3. The third kappa shape index (κ3) is 2.61. The molecule has 0 spiro atoms. The van der Waals surface area contributed by atoms with E-state index in [0.717, 1.165) is 29.8 Å². The van der Waals surface area contributed by atoms with Crippen LogP contribution in [0.25, 0.3) is 5.57 Å². The molecule has 0 saturated heterocycles. The number of aromatic nitrogens is 2. The number of fused-ring (bicyclic) bond motifs is 1. The van der Waals surface area contributed by atoms with E-state index in [1.54, 1.807) is 28.6 Å². The molecule has 1 aliphatic heterocycles. The average Bonchev–Trinajstić information content (AvgIpc) is 3.06. The molecule has 0 saturated carbocycles. The lowest BCUT2D eigenvalue weighted by atomic mass is 9.96. The standard InChI is InChI=1S/C18H19N3O2S/c22-24(23,15-9-5-2-6-10-15)21-12-11-17-16(13-21)18(20-19-17)14-7-3-1-4-8-14/h1-3,5-7,9-10H,4,8,11-13H2,(H,19,20). The summed E-state index contributed by atoms with van der Waals surface area (Å²) in [5, 5.41) is 7.56. The van der Waals surface area contributed by atoms with E-state index >= 15 is 0 Å². The van der Waals surface area contributed by atoms with Crippen molar-refractivity contribution in [2.24, 2.45) is 0 Å². The highest BCUT2D eigenvalue weighted by Gasteiger charge is 2.31. The van der Waals surface area contributed by atoms with E-state index in [2.05, 4.69) is 22.3 Å². The van der Waals surface area contributed by atoms with Crippen LogP contribution in [-0.4, -0.2) is 29.5 Å². The molecule has 6 heteroatoms. The maximum absolute atomic E-state index is 12.9. The first kappa shape index (κ1) is 15.4. The van der Waals surface area contributed by atoms with E-state index in [1.165, 1.54) is 5.57 Å². The van der Waals surface area contributed by atoms with Crippen LogP contribution in [0.3, 0.4) is 0 Å². The minimum atomic E-state index is -3.47. The first-order valence-electron chi connectivity index (χ1n) is 8.13. The van der Waals surface area contributed by atoms with Crippen LogP contribution in [0.2, 0.25) is 0 Å². The van der Waals surface area contributed by atoms with Crippen LogP contribution in [0, 0.1) is 0 Å². The van der Waals surface area contributed by atoms with Crippen molar-refractivity contribution < 1.29 is 8.42 Å². The Morgan fingerprint density at radius 2 is 1.96 bits per heavy atom. The minimum Gasteiger partial charge on any atom is -0.282 e. The molecule has 1 N–H and O–H groups in total. The van der Waals surface area contributed by atoms with Gasteiger partial charge in [-0.25, -0.2) is 8.42 Å². The van der Waals surface area contributed by atoms with Gasteiger partial charge in [0.15, 0.2) is 0 Å². The van der Waals surface area contributed by atoms with Gasteiger partial charge in [0.1, 0.15) is 0 Å². The second kappa shape index (κ2) is 6.03. The summed E-state index contributed by atoms with van der Waals surface area (Å²) in [6, 6.07) is 8.63. The van der Waals surface area contributed by atoms with Gasteiger partial charge in [0, 0.05) is 30.8 Å². The Labute approximate surface area is 141 Å². The molecule has 0 atom stereocenters. The maximum atomic E-state index is 12.9. The largest absolute Gasteiger partial charge is 0.282 e. The van der Waals surface area contributed by atoms with Crippen LogP contribution < -0.4 is 0 Å². The van der Waals surface area contributed by atoms with Crippen molar-refractivity contribution in [3.63, 3.8) is 0 Å². The summed E-state index contributed by atoms with van der Waals surface area (Å²) in [5.74, 6) is 0. The highest BCUT2D eigenvalue weighted by molar-refractivity contribution is 7.89. The Hall–Kier alpha value is -2.18. The molecule has 2 heterocycles. The number of sulfonamides is 1. The second-order valence-electron chi connectivity index (χ2n) is 6.09. The first-order chi connectivity index (χ1) is 11.7. The summed E-state index contributed by atoms with van der Waals surface area (Å²) in [6.45, 7) is 0.851. The van der Waals surface area contributed by atoms with Gasteiger partial charge in [0.05, 0.1) is 10.6 Å². The predicted molar refractivity (Wildman–Crippen MR) is 92.7 cm³/mol. The zero-order valence-electron chi connectivity index (χ0n) is 13.3. The molecule has 0 amide bonds. The summed E-state index contributed by atoms with van der Waals surface area (Å²) in [5.41, 5.74) is 4.17. The molecule has 5 nitrogen and oxygen atoms in total. The first-order valence-corrected chi connectivity index (χ1v) is 9.57. The van der Waals surface area contributed by atoms with E-state index in [-0.39, 0.29) is 0 Å². The molecular formula is C18H19N3O2S. The molecule has 1 aromatic heterocycles. The predicted octanol–water partition coefficient (Wildman–Crippen LogP) is 2.89. The number of nitrogens with zero attached hydrogens (tertiary/aromatic N) is 2. The van der Waals surface area contributed by atoms with Crippen LogP contribution in [0.4, 0.5) is 0 Å². The fourth-order valence-electron chi connectivity index (χ4n) is 3.28. The molecule has 0 bridgehead atoms. The summed E-state index contributed by atoms with van der Waals surface area (Å²) < 4.78 is 27.3. The van der Waals surface area contributed by atoms with E-state index < -0.39 is 10.0 Å². The van der Waals surface area contributed by atoms with Crippen molar-refractivity contribution in [2.45, 2.75) is 30.7 Å². The van der Waals surface area contributed by atoms with Gasteiger partial charge < -0.3 is 0 Å². The number of nitrogens with one attached hydrogen (secondary N) is 1. The summed E-state index contributed by atoms with van der Waals surface area (Å²) >= 11 is 0. The normalized spacial score (nSPS) is 18.2. The van der Waals surface area contributed by atoms with Gasteiger partial charge in [-0.3, -0.25) is 5.10 Å². The molecule has 4 rings (SSSR count). The van der Waals surface area contributed by atoms with E-state index in [0.29, 0.717) is 24.4 Å². The molecule has 0 unspecified atom stereocenters. The SMILES string of the molecule is O=S(=O)(c1ccccc1)N1CCc2[nH]nc(C3=CC=CCC3)c2C1. The van der Waals surface area contributed by atoms with Gasteiger partial charge in [-0.15, -0.1) is 0 Å². The Morgan fingerprint density at radius 3 is 2.71 bits per heavy atom. The van der Waals surface area contributed by atoms with Crippen molar-refractivity contribution >= 4 is 15.6 Å². The lowest BCUT2D eigenvalue weighted by molar-refractivity contribution is 0.389. The van der Waals surface area contributed by atoms with Crippen LogP contribution >= 0.6 is 0 Å². The number of hydrogen-bond donors (Lipinski definition) is 1. The third-order valence-electron chi connectivity index (χ3n) is 4.60. The molecule has 124 valence electrons. The Bertz CT molecular complexity index is 911. The number of benzene rings is 1. The molecule has 1 aromatic carbocycles. The molecule has 2 aliphatic rings. The summed E-state index contributed by atoms with van der Waals surface area (Å²) in [7, 11) is -3.47. The smallest absolute Gasteiger partial charge is 0.243 e. The Balaban J connectivity index is 1.68. The van der Waals surface area contributed by atoms with E-state index in [4.69, 9.17) is 0 Å². The highest BCUT2D eigenvalue weighted by Crippen LogP contribution is 2.31. The fraction of sp³-hybridized carbons (Fsp3) is 0.278. The van der Waals surface area contributed by atoms with Gasteiger partial charge in [0.25, 0.3) is 0 Å². The van der Waals surface area contributed by atoms with Gasteiger partial charge in [0.2, 0.25) is 10.0 Å². The lowest BCUT2D eigenvalue weighted by Crippen LogP contribution is -2.36. The molecule has 0 fully saturated rings. The minimum absolute atomic E-state index is 0.346. The van der Waals surface area contributed by atoms with E-state index in [1.807, 2.05) is 12.1 Å². The fourth-order valence-corrected chi connectivity index (χ4v) is 4.71. The lowest BCUT2D eigenvalue weighted by Gasteiger charge is -2.26. The summed E-state index contributed by atoms with van der Waals surface area (Å²) in [4.78, 5) is 0.346. The van der Waals surface area contributed by atoms with Gasteiger partial charge in [-0.05, 0) is 30.5 Å². The van der Waals surface area contributed by atoms with Crippen molar-refractivity contribution in [3.05, 3.63) is 65.5 Å². The maximum Gasteiger partial charge on any atom is 0.243 e. The van der Waals surface area contributed by atoms with Gasteiger partial charge in [-0.1, -0.05) is 36.4 Å². The number of allylic oxidation sites excluding steroid dienone is 4. The Kier molecular flexibility index (Phi) is 3.86. The molecule has 0 radical (unpaired) electrons. The number of H-pyrrole nitrogens is 1. The Morgan fingerprint density at radius 1 is 1.12 bits per heavy atom. The molecule has 1 aliphatic carbocycles. The second-order valence-corrected chi connectivity index (χ2v) is 8.03.